The van der Waals surface area contributed by atoms with Gasteiger partial charge in [-0.3, -0.25) is 0 Å². The molecule has 0 unspecified atom stereocenters. The molecular weight excluding hydrogens is 145 g/mol. The number of alkyl halides is 3. The minimum Gasteiger partial charge on any atom is -0.357 e. The molecule has 1 rings (SSSR count). The van der Waals surface area contributed by atoms with Crippen LogP contribution in [-0.4, -0.2) is 18.1 Å². The van der Waals surface area contributed by atoms with E-state index in [-0.39, 0.29) is 0 Å². The third-order valence-corrected chi connectivity index (χ3v) is 1.06. The quantitative estimate of drug-likeness (QED) is 0.556. The second-order valence-corrected chi connectivity index (χ2v) is 1.98. The molecule has 1 radical (unpaired) electrons. The summed E-state index contributed by atoms with van der Waals surface area (Å²) < 4.78 is 35.3. The molecule has 10 heavy (non-hydrogen) atoms. The van der Waals surface area contributed by atoms with Crippen molar-refractivity contribution in [3.63, 3.8) is 0 Å². The Balaban J connectivity index is 2.67. The Labute approximate surface area is 56.3 Å². The molecule has 57 valence electrons. The van der Waals surface area contributed by atoms with Crippen molar-refractivity contribution in [1.82, 2.24) is 10.2 Å². The summed E-state index contributed by atoms with van der Waals surface area (Å²) in [5, 5.41) is 2.08. The first-order valence-electron chi connectivity index (χ1n) is 2.61. The molecule has 0 aromatic rings. The maximum atomic E-state index is 11.8. The van der Waals surface area contributed by atoms with Crippen molar-refractivity contribution >= 4 is 0 Å². The summed E-state index contributed by atoms with van der Waals surface area (Å²) >= 11 is 0. The van der Waals surface area contributed by atoms with E-state index in [9.17, 15) is 13.2 Å². The molecule has 0 bridgehead atoms. The summed E-state index contributed by atoms with van der Waals surface area (Å²) in [6.45, 7) is 1.24. The molecule has 0 amide bonds. The van der Waals surface area contributed by atoms with Crippen LogP contribution in [-0.2, 0) is 0 Å². The van der Waals surface area contributed by atoms with E-state index in [2.05, 4.69) is 5.32 Å². The van der Waals surface area contributed by atoms with Gasteiger partial charge in [-0.05, 0) is 0 Å². The fourth-order valence-corrected chi connectivity index (χ4v) is 0.605. The topological polar surface area (TPSA) is 15.3 Å². The summed E-state index contributed by atoms with van der Waals surface area (Å²) in [6, 6.07) is 0. The van der Waals surface area contributed by atoms with E-state index >= 15 is 0 Å². The van der Waals surface area contributed by atoms with Gasteiger partial charge in [0, 0.05) is 13.2 Å². The molecule has 0 spiro atoms. The van der Waals surface area contributed by atoms with Crippen molar-refractivity contribution < 1.29 is 13.2 Å². The lowest BCUT2D eigenvalue weighted by Crippen LogP contribution is -2.20. The number of hydrogen-bond donors (Lipinski definition) is 1. The Hall–Kier alpha value is -0.870. The van der Waals surface area contributed by atoms with Crippen molar-refractivity contribution in [2.45, 2.75) is 6.18 Å². The van der Waals surface area contributed by atoms with Crippen molar-refractivity contribution in [2.75, 3.05) is 7.05 Å². The van der Waals surface area contributed by atoms with Crippen LogP contribution in [0.5, 0.6) is 0 Å². The van der Waals surface area contributed by atoms with Crippen LogP contribution in [0.4, 0.5) is 13.2 Å². The van der Waals surface area contributed by atoms with Crippen LogP contribution in [0.3, 0.4) is 0 Å². The van der Waals surface area contributed by atoms with Gasteiger partial charge in [0.2, 0.25) is 0 Å². The second kappa shape index (κ2) is 2.07. The number of nitrogens with zero attached hydrogens (tertiary/aromatic N) is 1. The largest absolute Gasteiger partial charge is 0.432 e. The van der Waals surface area contributed by atoms with Gasteiger partial charge in [-0.2, -0.15) is 13.2 Å². The molecule has 0 aromatic heterocycles. The Morgan fingerprint density at radius 3 is 2.30 bits per heavy atom. The SMILES string of the molecule is CN1[CH]NC(C(F)(F)F)=C1. The monoisotopic (exact) mass is 151 g/mol. The van der Waals surface area contributed by atoms with Gasteiger partial charge < -0.3 is 10.2 Å². The van der Waals surface area contributed by atoms with Gasteiger partial charge in [0.15, 0.2) is 0 Å². The van der Waals surface area contributed by atoms with Crippen molar-refractivity contribution in [3.05, 3.63) is 18.6 Å². The zero-order valence-corrected chi connectivity index (χ0v) is 5.24. The highest BCUT2D eigenvalue weighted by atomic mass is 19.4. The third kappa shape index (κ3) is 1.34. The zero-order valence-electron chi connectivity index (χ0n) is 5.24. The molecule has 2 nitrogen and oxygen atoms in total. The molecule has 1 heterocycles. The Morgan fingerprint density at radius 2 is 2.10 bits per heavy atom. The van der Waals surface area contributed by atoms with Gasteiger partial charge in [-0.1, -0.05) is 0 Å². The number of nitrogens with one attached hydrogen (secondary N) is 1. The summed E-state index contributed by atoms with van der Waals surface area (Å²) in [5.74, 6) is 0. The molecule has 0 saturated carbocycles. The molecule has 0 atom stereocenters. The highest BCUT2D eigenvalue weighted by molar-refractivity contribution is 5.13. The van der Waals surface area contributed by atoms with Gasteiger partial charge >= 0.3 is 6.18 Å². The summed E-state index contributed by atoms with van der Waals surface area (Å²) in [7, 11) is 1.52. The maximum Gasteiger partial charge on any atom is 0.432 e. The molecule has 0 aromatic carbocycles. The smallest absolute Gasteiger partial charge is 0.357 e. The van der Waals surface area contributed by atoms with Crippen molar-refractivity contribution in [3.8, 4) is 0 Å². The summed E-state index contributed by atoms with van der Waals surface area (Å²) in [6.07, 6.45) is -3.28. The van der Waals surface area contributed by atoms with E-state index in [1.165, 1.54) is 18.6 Å². The molecule has 1 aliphatic rings. The highest BCUT2D eigenvalue weighted by Gasteiger charge is 2.36. The summed E-state index contributed by atoms with van der Waals surface area (Å²) in [4.78, 5) is 1.31. The van der Waals surface area contributed by atoms with Crippen LogP contribution in [0, 0.1) is 6.67 Å². The number of rotatable bonds is 0. The van der Waals surface area contributed by atoms with Gasteiger partial charge in [0.1, 0.15) is 12.4 Å². The standard InChI is InChI=1S/C5H6F3N2/c1-10-2-4(9-3-10)5(6,7)8/h2-3,9H,1H3. The number of allylic oxidation sites excluding steroid dienone is 1. The molecule has 1 N–H and O–H groups in total. The van der Waals surface area contributed by atoms with E-state index in [0.29, 0.717) is 0 Å². The summed E-state index contributed by atoms with van der Waals surface area (Å²) in [5.41, 5.74) is -0.727. The van der Waals surface area contributed by atoms with Crippen molar-refractivity contribution in [1.29, 1.82) is 0 Å². The first-order chi connectivity index (χ1) is 4.50. The average molecular weight is 151 g/mol. The van der Waals surface area contributed by atoms with Crippen molar-refractivity contribution in [2.24, 2.45) is 0 Å². The predicted molar refractivity (Wildman–Crippen MR) is 29.3 cm³/mol. The zero-order chi connectivity index (χ0) is 7.78. The molecule has 0 saturated heterocycles. The van der Waals surface area contributed by atoms with Crippen LogP contribution in [0.25, 0.3) is 0 Å². The molecular formula is C5H6F3N2. The second-order valence-electron chi connectivity index (χ2n) is 1.98. The van der Waals surface area contributed by atoms with Crippen LogP contribution in [0.1, 0.15) is 0 Å². The van der Waals surface area contributed by atoms with Gasteiger partial charge in [-0.15, -0.1) is 0 Å². The van der Waals surface area contributed by atoms with Crippen LogP contribution >= 0.6 is 0 Å². The molecule has 0 fully saturated rings. The van der Waals surface area contributed by atoms with E-state index in [1.807, 2.05) is 0 Å². The number of halogens is 3. The van der Waals surface area contributed by atoms with E-state index in [4.69, 9.17) is 0 Å². The molecule has 0 aliphatic carbocycles. The molecule has 1 aliphatic heterocycles. The van der Waals surface area contributed by atoms with Crippen LogP contribution in [0.15, 0.2) is 11.9 Å². The fourth-order valence-electron chi connectivity index (χ4n) is 0.605. The fraction of sp³-hybridized carbons (Fsp3) is 0.400. The Kier molecular flexibility index (Phi) is 1.50. The van der Waals surface area contributed by atoms with Crippen LogP contribution < -0.4 is 5.32 Å². The minimum absolute atomic E-state index is 0.727. The first-order valence-corrected chi connectivity index (χ1v) is 2.61. The van der Waals surface area contributed by atoms with E-state index in [1.54, 1.807) is 0 Å². The van der Waals surface area contributed by atoms with Gasteiger partial charge in [0.05, 0.1) is 0 Å². The van der Waals surface area contributed by atoms with Gasteiger partial charge in [-0.25, -0.2) is 0 Å². The lowest BCUT2D eigenvalue weighted by atomic mass is 10.5. The predicted octanol–water partition coefficient (Wildman–Crippen LogP) is 1.04. The Bertz CT molecular complexity index is 161. The van der Waals surface area contributed by atoms with Crippen LogP contribution in [0.2, 0.25) is 0 Å². The molecule has 5 heteroatoms. The van der Waals surface area contributed by atoms with E-state index < -0.39 is 11.9 Å². The van der Waals surface area contributed by atoms with E-state index in [0.717, 1.165) is 6.20 Å². The normalized spacial score (nSPS) is 18.8. The maximum absolute atomic E-state index is 11.8. The highest BCUT2D eigenvalue weighted by Crippen LogP contribution is 2.26. The number of hydrogen-bond acceptors (Lipinski definition) is 2. The average Bonchev–Trinajstić information content (AvgIpc) is 2.11. The Morgan fingerprint density at radius 1 is 1.50 bits per heavy atom. The third-order valence-electron chi connectivity index (χ3n) is 1.06. The van der Waals surface area contributed by atoms with Gasteiger partial charge in [0.25, 0.3) is 0 Å². The lowest BCUT2D eigenvalue weighted by Gasteiger charge is -2.05. The lowest BCUT2D eigenvalue weighted by molar-refractivity contribution is -0.0951. The minimum atomic E-state index is -4.26. The first kappa shape index (κ1) is 7.24.